The summed E-state index contributed by atoms with van der Waals surface area (Å²) in [6.45, 7) is 1.51. The van der Waals surface area contributed by atoms with Crippen molar-refractivity contribution in [3.8, 4) is 5.75 Å². The second kappa shape index (κ2) is 10.6. The van der Waals surface area contributed by atoms with Crippen molar-refractivity contribution in [3.63, 3.8) is 0 Å². The maximum atomic E-state index is 10.9. The molecule has 0 amide bonds. The van der Waals surface area contributed by atoms with E-state index in [0.29, 0.717) is 5.56 Å². The summed E-state index contributed by atoms with van der Waals surface area (Å²) in [7, 11) is 0. The van der Waals surface area contributed by atoms with E-state index in [0.717, 1.165) is 0 Å². The van der Waals surface area contributed by atoms with Crippen molar-refractivity contribution in [1.29, 1.82) is 0 Å². The number of carboxylic acid groups (broad SMARTS) is 1. The Morgan fingerprint density at radius 2 is 1.73 bits per heavy atom. The van der Waals surface area contributed by atoms with E-state index in [1.54, 1.807) is 0 Å². The molecule has 1 N–H and O–H groups in total. The zero-order valence-electron chi connectivity index (χ0n) is 7.63. The van der Waals surface area contributed by atoms with Crippen LogP contribution >= 0.6 is 0 Å². The molecule has 0 saturated heterocycles. The first kappa shape index (κ1) is 24.3. The fourth-order valence-electron chi connectivity index (χ4n) is 0.846. The van der Waals surface area contributed by atoms with Gasteiger partial charge in [-0.1, -0.05) is 12.1 Å². The quantitative estimate of drug-likeness (QED) is 0.524. The molecule has 0 heterocycles. The number of carboxylic acids is 1. The van der Waals surface area contributed by atoms with Crippen LogP contribution in [0.1, 0.15) is 15.9 Å². The van der Waals surface area contributed by atoms with Crippen molar-refractivity contribution in [2.45, 2.75) is 6.92 Å². The first-order chi connectivity index (χ1) is 5.13. The summed E-state index contributed by atoms with van der Waals surface area (Å²) in [6, 6.07) is 4.21. The normalized spacial score (nSPS) is 7.00. The van der Waals surface area contributed by atoms with Crippen LogP contribution in [0.3, 0.4) is 0 Å². The minimum atomic E-state index is -1.06. The number of halogens is 3. The number of rotatable bonds is 1. The first-order valence-electron chi connectivity index (χ1n) is 3.13. The topological polar surface area (TPSA) is 60.4 Å². The van der Waals surface area contributed by atoms with Gasteiger partial charge < -0.3 is 47.4 Å². The molecule has 7 heteroatoms. The fraction of sp³-hybridized carbons (Fsp3) is 0.125. The number of aromatic carboxylic acids is 1. The van der Waals surface area contributed by atoms with Gasteiger partial charge in [0.25, 0.3) is 0 Å². The van der Waals surface area contributed by atoms with E-state index in [4.69, 9.17) is 5.11 Å². The molecule has 0 aliphatic rings. The Morgan fingerprint density at radius 3 is 2.07 bits per heavy atom. The van der Waals surface area contributed by atoms with Crippen LogP contribution in [-0.2, 0) is 21.7 Å². The van der Waals surface area contributed by atoms with Crippen LogP contribution in [0, 0.1) is 6.92 Å². The number of benzene rings is 1. The fourth-order valence-corrected chi connectivity index (χ4v) is 0.846. The Morgan fingerprint density at radius 1 is 1.27 bits per heavy atom. The van der Waals surface area contributed by atoms with E-state index in [9.17, 15) is 9.90 Å². The van der Waals surface area contributed by atoms with Crippen LogP contribution in [0.25, 0.3) is 0 Å². The molecule has 0 unspecified atom stereocenters. The molecule has 0 fully saturated rings. The second-order valence-electron chi connectivity index (χ2n) is 2.23. The van der Waals surface area contributed by atoms with Crippen LogP contribution in [-0.4, -0.2) is 11.1 Å². The minimum absolute atomic E-state index is 0. The van der Waals surface area contributed by atoms with Crippen molar-refractivity contribution in [2.75, 3.05) is 0 Å². The third-order valence-electron chi connectivity index (χ3n) is 1.51. The Labute approximate surface area is 121 Å². The van der Waals surface area contributed by atoms with Crippen LogP contribution in [0.15, 0.2) is 18.2 Å². The maximum Gasteiger partial charge on any atom is 4.00 e. The average Bonchev–Trinajstić information content (AvgIpc) is 1.94. The molecular formula is C8H7Cl3O3Ti. The Kier molecular flexibility index (Phi) is 17.2. The van der Waals surface area contributed by atoms with E-state index in [1.807, 2.05) is 0 Å². The van der Waals surface area contributed by atoms with Crippen molar-refractivity contribution < 1.29 is 73.9 Å². The predicted octanol–water partition coefficient (Wildman–Crippen LogP) is -8.22. The van der Waals surface area contributed by atoms with E-state index in [1.165, 1.54) is 25.1 Å². The molecule has 0 aromatic heterocycles. The molecule has 15 heavy (non-hydrogen) atoms. The largest absolute Gasteiger partial charge is 4.00 e. The van der Waals surface area contributed by atoms with Gasteiger partial charge in [-0.15, -0.1) is 5.75 Å². The molecular weight excluding hydrogens is 298 g/mol. The molecule has 0 aliphatic carbocycles. The van der Waals surface area contributed by atoms with Gasteiger partial charge in [0.2, 0.25) is 0 Å². The van der Waals surface area contributed by atoms with Gasteiger partial charge in [-0.05, 0) is 18.6 Å². The molecule has 0 radical (unpaired) electrons. The standard InChI is InChI=1S/C8H8O3.3ClH.Ti/c1-5-6(8(10)11)3-2-4-7(5)9;;;;/h2-4,9H,1H3,(H,10,11);3*1H;/q;;;;+4/p-4. The van der Waals surface area contributed by atoms with Gasteiger partial charge in [-0.25, -0.2) is 4.79 Å². The molecule has 0 bridgehead atoms. The number of hydrogen-bond acceptors (Lipinski definition) is 2. The zero-order chi connectivity index (χ0) is 8.43. The van der Waals surface area contributed by atoms with Crippen LogP contribution in [0.2, 0.25) is 0 Å². The van der Waals surface area contributed by atoms with Gasteiger partial charge in [0.05, 0.1) is 5.56 Å². The molecule has 1 aromatic carbocycles. The summed E-state index contributed by atoms with van der Waals surface area (Å²) in [6.07, 6.45) is 0. The van der Waals surface area contributed by atoms with Crippen LogP contribution in [0.5, 0.6) is 5.75 Å². The van der Waals surface area contributed by atoms with E-state index in [-0.39, 0.29) is 70.3 Å². The summed E-state index contributed by atoms with van der Waals surface area (Å²) in [5, 5.41) is 19.4. The molecule has 82 valence electrons. The molecule has 1 aromatic rings. The summed E-state index contributed by atoms with van der Waals surface area (Å²) in [5.74, 6) is -1.29. The summed E-state index contributed by atoms with van der Waals surface area (Å²) in [5.41, 5.74) is 0.373. The van der Waals surface area contributed by atoms with Gasteiger partial charge in [0, 0.05) is 0 Å². The van der Waals surface area contributed by atoms with Gasteiger partial charge in [-0.2, -0.15) is 0 Å². The SMILES string of the molecule is Cc1c([O-])cccc1C(=O)O.[Cl-].[Cl-].[Cl-].[Ti+4]. The zero-order valence-corrected chi connectivity index (χ0v) is 11.5. The van der Waals surface area contributed by atoms with Gasteiger partial charge in [0.15, 0.2) is 0 Å². The summed E-state index contributed by atoms with van der Waals surface area (Å²) < 4.78 is 0. The maximum absolute atomic E-state index is 10.9. The summed E-state index contributed by atoms with van der Waals surface area (Å²) in [4.78, 5) is 10.4. The molecule has 0 atom stereocenters. The average molecular weight is 305 g/mol. The van der Waals surface area contributed by atoms with Crippen LogP contribution < -0.4 is 42.3 Å². The number of carbonyl (C=O) groups is 1. The van der Waals surface area contributed by atoms with Crippen molar-refractivity contribution >= 4 is 5.97 Å². The Balaban J connectivity index is -0.000000151. The smallest absolute Gasteiger partial charge is 1.00 e. The van der Waals surface area contributed by atoms with Gasteiger partial charge in [0.1, 0.15) is 0 Å². The molecule has 3 nitrogen and oxygen atoms in total. The molecule has 0 spiro atoms. The van der Waals surface area contributed by atoms with Gasteiger partial charge in [-0.3, -0.25) is 0 Å². The minimum Gasteiger partial charge on any atom is -1.00 e. The summed E-state index contributed by atoms with van der Waals surface area (Å²) >= 11 is 0. The third kappa shape index (κ3) is 6.28. The van der Waals surface area contributed by atoms with Crippen molar-refractivity contribution in [3.05, 3.63) is 29.3 Å². The van der Waals surface area contributed by atoms with Crippen molar-refractivity contribution in [1.82, 2.24) is 0 Å². The van der Waals surface area contributed by atoms with E-state index < -0.39 is 5.97 Å². The Bertz CT molecular complexity index is 307. The molecule has 0 aliphatic heterocycles. The molecule has 1 rings (SSSR count). The number of hydrogen-bond donors (Lipinski definition) is 1. The van der Waals surface area contributed by atoms with Crippen LogP contribution in [0.4, 0.5) is 0 Å². The van der Waals surface area contributed by atoms with E-state index >= 15 is 0 Å². The second-order valence-corrected chi connectivity index (χ2v) is 2.23. The predicted molar refractivity (Wildman–Crippen MR) is 37.6 cm³/mol. The Hall–Kier alpha value is 0.0743. The molecule has 0 saturated carbocycles. The first-order valence-corrected chi connectivity index (χ1v) is 3.13. The van der Waals surface area contributed by atoms with E-state index in [2.05, 4.69) is 0 Å². The van der Waals surface area contributed by atoms with Crippen molar-refractivity contribution in [2.24, 2.45) is 0 Å². The monoisotopic (exact) mass is 304 g/mol. The van der Waals surface area contributed by atoms with Gasteiger partial charge >= 0.3 is 27.7 Å². The third-order valence-corrected chi connectivity index (χ3v) is 1.51.